The van der Waals surface area contributed by atoms with Crippen LogP contribution in [-0.4, -0.2) is 42.9 Å². The first kappa shape index (κ1) is 19.4. The van der Waals surface area contributed by atoms with E-state index in [1.54, 1.807) is 24.0 Å². The Bertz CT molecular complexity index is 568. The highest BCUT2D eigenvalue weighted by Gasteiger charge is 2.29. The van der Waals surface area contributed by atoms with Gasteiger partial charge in [0.15, 0.2) is 0 Å². The summed E-state index contributed by atoms with van der Waals surface area (Å²) in [5, 5.41) is 2.75. The third-order valence-corrected chi connectivity index (χ3v) is 3.95. The zero-order valence-electron chi connectivity index (χ0n) is 13.2. The Hall–Kier alpha value is -1.66. The van der Waals surface area contributed by atoms with E-state index >= 15 is 0 Å². The smallest absolute Gasteiger partial charge is 0.256 e. The predicted octanol–water partition coefficient (Wildman–Crippen LogP) is 1.48. The molecule has 1 aromatic carbocycles. The zero-order valence-corrected chi connectivity index (χ0v) is 14.0. The number of amides is 2. The molecule has 5 nitrogen and oxygen atoms in total. The van der Waals surface area contributed by atoms with E-state index in [-0.39, 0.29) is 35.7 Å². The van der Waals surface area contributed by atoms with Gasteiger partial charge in [-0.2, -0.15) is 0 Å². The maximum Gasteiger partial charge on any atom is 0.256 e. The van der Waals surface area contributed by atoms with E-state index in [4.69, 9.17) is 5.73 Å². The van der Waals surface area contributed by atoms with Gasteiger partial charge in [0.05, 0.1) is 11.5 Å². The molecule has 0 saturated carbocycles. The Labute approximate surface area is 141 Å². The largest absolute Gasteiger partial charge is 0.355 e. The van der Waals surface area contributed by atoms with Gasteiger partial charge in [-0.3, -0.25) is 9.59 Å². The minimum absolute atomic E-state index is 0. The van der Waals surface area contributed by atoms with Crippen LogP contribution in [-0.2, 0) is 4.79 Å². The molecule has 1 unspecified atom stereocenters. The van der Waals surface area contributed by atoms with E-state index in [0.29, 0.717) is 31.7 Å². The van der Waals surface area contributed by atoms with Crippen LogP contribution in [0.3, 0.4) is 0 Å². The van der Waals surface area contributed by atoms with E-state index in [9.17, 15) is 14.0 Å². The average Bonchev–Trinajstić information content (AvgIpc) is 2.54. The summed E-state index contributed by atoms with van der Waals surface area (Å²) < 4.78 is 14.1. The molecule has 1 atom stereocenters. The lowest BCUT2D eigenvalue weighted by Gasteiger charge is -2.32. The molecular formula is C16H23ClFN3O2. The highest BCUT2D eigenvalue weighted by Crippen LogP contribution is 2.21. The number of hydrogen-bond acceptors (Lipinski definition) is 3. The Balaban J connectivity index is 0.00000264. The van der Waals surface area contributed by atoms with Crippen molar-refractivity contribution in [3.05, 3.63) is 35.1 Å². The van der Waals surface area contributed by atoms with Crippen LogP contribution in [0.15, 0.2) is 18.2 Å². The van der Waals surface area contributed by atoms with Gasteiger partial charge in [-0.1, -0.05) is 12.1 Å². The highest BCUT2D eigenvalue weighted by molar-refractivity contribution is 5.95. The van der Waals surface area contributed by atoms with Gasteiger partial charge in [0.25, 0.3) is 5.91 Å². The average molecular weight is 344 g/mol. The number of hydrogen-bond donors (Lipinski definition) is 2. The molecule has 0 bridgehead atoms. The minimum Gasteiger partial charge on any atom is -0.355 e. The molecule has 7 heteroatoms. The van der Waals surface area contributed by atoms with Crippen molar-refractivity contribution in [2.45, 2.75) is 19.8 Å². The minimum atomic E-state index is -0.484. The van der Waals surface area contributed by atoms with Gasteiger partial charge in [-0.05, 0) is 31.4 Å². The summed E-state index contributed by atoms with van der Waals surface area (Å²) in [6.07, 6.45) is 1.47. The number of carbonyl (C=O) groups is 2. The van der Waals surface area contributed by atoms with Crippen molar-refractivity contribution in [1.29, 1.82) is 0 Å². The summed E-state index contributed by atoms with van der Waals surface area (Å²) in [5.41, 5.74) is 5.88. The number of nitrogens with two attached hydrogens (primary N) is 1. The number of aryl methyl sites for hydroxylation is 1. The molecule has 2 amide bonds. The predicted molar refractivity (Wildman–Crippen MR) is 89.1 cm³/mol. The summed E-state index contributed by atoms with van der Waals surface area (Å²) in [6.45, 7) is 3.31. The second-order valence-electron chi connectivity index (χ2n) is 5.61. The van der Waals surface area contributed by atoms with Crippen molar-refractivity contribution in [3.8, 4) is 0 Å². The Morgan fingerprint density at radius 2 is 2.17 bits per heavy atom. The standard InChI is InChI=1S/C16H22FN3O2.ClH/c1-11-4-2-6-13(14(11)17)16(22)20-9-3-5-12(10-20)15(21)19-8-7-18;/h2,4,6,12H,3,5,7-10,18H2,1H3,(H,19,21);1H. The number of piperidine rings is 1. The molecule has 2 rings (SSSR count). The van der Waals surface area contributed by atoms with Crippen molar-refractivity contribution in [2.24, 2.45) is 11.7 Å². The van der Waals surface area contributed by atoms with Gasteiger partial charge in [0.1, 0.15) is 5.82 Å². The van der Waals surface area contributed by atoms with Crippen LogP contribution in [0.25, 0.3) is 0 Å². The number of likely N-dealkylation sites (tertiary alicyclic amines) is 1. The van der Waals surface area contributed by atoms with Crippen molar-refractivity contribution in [3.63, 3.8) is 0 Å². The van der Waals surface area contributed by atoms with E-state index in [2.05, 4.69) is 5.32 Å². The Kier molecular flexibility index (Phi) is 7.45. The van der Waals surface area contributed by atoms with Crippen LogP contribution in [0.4, 0.5) is 4.39 Å². The lowest BCUT2D eigenvalue weighted by atomic mass is 9.96. The molecule has 128 valence electrons. The van der Waals surface area contributed by atoms with Crippen LogP contribution in [0.1, 0.15) is 28.8 Å². The Morgan fingerprint density at radius 1 is 1.43 bits per heavy atom. The van der Waals surface area contributed by atoms with E-state index < -0.39 is 5.82 Å². The van der Waals surface area contributed by atoms with E-state index in [0.717, 1.165) is 12.8 Å². The summed E-state index contributed by atoms with van der Waals surface area (Å²) in [5.74, 6) is -1.18. The fraction of sp³-hybridized carbons (Fsp3) is 0.500. The molecule has 3 N–H and O–H groups in total. The topological polar surface area (TPSA) is 75.4 Å². The molecule has 1 saturated heterocycles. The van der Waals surface area contributed by atoms with Crippen LogP contribution in [0, 0.1) is 18.7 Å². The second-order valence-corrected chi connectivity index (χ2v) is 5.61. The first-order valence-corrected chi connectivity index (χ1v) is 7.56. The number of benzene rings is 1. The summed E-state index contributed by atoms with van der Waals surface area (Å²) in [4.78, 5) is 26.1. The summed E-state index contributed by atoms with van der Waals surface area (Å²) in [7, 11) is 0. The zero-order chi connectivity index (χ0) is 16.1. The molecule has 0 aliphatic carbocycles. The van der Waals surface area contributed by atoms with Crippen molar-refractivity contribution in [1.82, 2.24) is 10.2 Å². The summed E-state index contributed by atoms with van der Waals surface area (Å²) >= 11 is 0. The fourth-order valence-electron chi connectivity index (χ4n) is 2.70. The highest BCUT2D eigenvalue weighted by atomic mass is 35.5. The van der Waals surface area contributed by atoms with Crippen molar-refractivity contribution >= 4 is 24.2 Å². The van der Waals surface area contributed by atoms with Crippen molar-refractivity contribution < 1.29 is 14.0 Å². The monoisotopic (exact) mass is 343 g/mol. The van der Waals surface area contributed by atoms with Crippen LogP contribution in [0.5, 0.6) is 0 Å². The molecule has 0 spiro atoms. The van der Waals surface area contributed by atoms with Crippen LogP contribution in [0.2, 0.25) is 0 Å². The Morgan fingerprint density at radius 3 is 2.87 bits per heavy atom. The molecule has 1 fully saturated rings. The van der Waals surface area contributed by atoms with Crippen LogP contribution < -0.4 is 11.1 Å². The SMILES string of the molecule is Cc1cccc(C(=O)N2CCCC(C(=O)NCCN)C2)c1F.Cl. The molecule has 1 aliphatic rings. The first-order chi connectivity index (χ1) is 10.5. The fourth-order valence-corrected chi connectivity index (χ4v) is 2.70. The number of rotatable bonds is 4. The summed E-state index contributed by atoms with van der Waals surface area (Å²) in [6, 6.07) is 4.79. The molecular weight excluding hydrogens is 321 g/mol. The van der Waals surface area contributed by atoms with Crippen molar-refractivity contribution in [2.75, 3.05) is 26.2 Å². The molecule has 23 heavy (non-hydrogen) atoms. The van der Waals surface area contributed by atoms with E-state index in [1.165, 1.54) is 6.07 Å². The number of carbonyl (C=O) groups excluding carboxylic acids is 2. The third kappa shape index (κ3) is 4.65. The maximum atomic E-state index is 14.1. The van der Waals surface area contributed by atoms with E-state index in [1.807, 2.05) is 0 Å². The molecule has 0 aromatic heterocycles. The normalized spacial score (nSPS) is 17.3. The lowest BCUT2D eigenvalue weighted by Crippen LogP contribution is -2.46. The number of nitrogens with one attached hydrogen (secondary N) is 1. The van der Waals surface area contributed by atoms with Gasteiger partial charge in [-0.25, -0.2) is 4.39 Å². The quantitative estimate of drug-likeness (QED) is 0.869. The first-order valence-electron chi connectivity index (χ1n) is 7.56. The van der Waals surface area contributed by atoms with Gasteiger partial charge in [-0.15, -0.1) is 12.4 Å². The number of nitrogens with zero attached hydrogens (tertiary/aromatic N) is 1. The van der Waals surface area contributed by atoms with Gasteiger partial charge < -0.3 is 16.0 Å². The van der Waals surface area contributed by atoms with Gasteiger partial charge in [0, 0.05) is 26.2 Å². The van der Waals surface area contributed by atoms with Gasteiger partial charge >= 0.3 is 0 Å². The second kappa shape index (κ2) is 8.84. The molecule has 1 heterocycles. The molecule has 1 aliphatic heterocycles. The third-order valence-electron chi connectivity index (χ3n) is 3.95. The van der Waals surface area contributed by atoms with Crippen LogP contribution >= 0.6 is 12.4 Å². The maximum absolute atomic E-state index is 14.1. The molecule has 1 aromatic rings. The molecule has 0 radical (unpaired) electrons. The van der Waals surface area contributed by atoms with Gasteiger partial charge in [0.2, 0.25) is 5.91 Å². The lowest BCUT2D eigenvalue weighted by molar-refractivity contribution is -0.126. The number of halogens is 2.